The second-order valence-corrected chi connectivity index (χ2v) is 4.71. The first-order valence-corrected chi connectivity index (χ1v) is 6.12. The Labute approximate surface area is 112 Å². The van der Waals surface area contributed by atoms with E-state index in [9.17, 15) is 9.59 Å². The molecule has 0 spiro atoms. The molecule has 1 aromatic rings. The van der Waals surface area contributed by atoms with Crippen LogP contribution in [0.25, 0.3) is 0 Å². The van der Waals surface area contributed by atoms with Crippen molar-refractivity contribution in [3.63, 3.8) is 0 Å². The minimum atomic E-state index is -0.977. The Morgan fingerprint density at radius 1 is 1.26 bits per heavy atom. The van der Waals surface area contributed by atoms with Gasteiger partial charge in [-0.25, -0.2) is 4.79 Å². The van der Waals surface area contributed by atoms with Gasteiger partial charge in [-0.05, 0) is 51.5 Å². The highest BCUT2D eigenvalue weighted by Crippen LogP contribution is 2.18. The van der Waals surface area contributed by atoms with Gasteiger partial charge in [0.1, 0.15) is 5.75 Å². The van der Waals surface area contributed by atoms with E-state index in [-0.39, 0.29) is 17.5 Å². The highest BCUT2D eigenvalue weighted by atomic mass is 16.5. The van der Waals surface area contributed by atoms with Crippen LogP contribution in [0.4, 0.5) is 0 Å². The molecule has 104 valence electrons. The smallest absolute Gasteiger partial charge is 0.335 e. The predicted octanol–water partition coefficient (Wildman–Crippen LogP) is 1.99. The second kappa shape index (κ2) is 6.22. The molecular formula is C14H19NO4. The Morgan fingerprint density at radius 3 is 2.37 bits per heavy atom. The first kappa shape index (κ1) is 15.0. The number of hydrogen-bond donors (Lipinski definition) is 2. The zero-order valence-corrected chi connectivity index (χ0v) is 11.6. The Kier molecular flexibility index (Phi) is 4.92. The molecule has 2 N–H and O–H groups in total. The van der Waals surface area contributed by atoms with Gasteiger partial charge in [0.05, 0.1) is 5.56 Å². The van der Waals surface area contributed by atoms with E-state index in [1.54, 1.807) is 26.0 Å². The minimum absolute atomic E-state index is 0.0506. The van der Waals surface area contributed by atoms with Gasteiger partial charge in [0.2, 0.25) is 0 Å². The van der Waals surface area contributed by atoms with Crippen LogP contribution in [0.2, 0.25) is 0 Å². The first-order valence-electron chi connectivity index (χ1n) is 6.12. The van der Waals surface area contributed by atoms with Crippen molar-refractivity contribution >= 4 is 11.9 Å². The Hall–Kier alpha value is -2.04. The fourth-order valence-electron chi connectivity index (χ4n) is 1.61. The van der Waals surface area contributed by atoms with Crippen LogP contribution in [0.5, 0.6) is 5.75 Å². The molecule has 0 aromatic heterocycles. The van der Waals surface area contributed by atoms with Crippen LogP contribution in [0.1, 0.15) is 36.7 Å². The van der Waals surface area contributed by atoms with Gasteiger partial charge in [-0.2, -0.15) is 0 Å². The number of nitrogens with one attached hydrogen (secondary N) is 1. The Balaban J connectivity index is 2.75. The summed E-state index contributed by atoms with van der Waals surface area (Å²) in [6.45, 7) is 7.08. The van der Waals surface area contributed by atoms with Crippen LogP contribution in [0.3, 0.4) is 0 Å². The van der Waals surface area contributed by atoms with Crippen molar-refractivity contribution in [2.75, 3.05) is 0 Å². The van der Waals surface area contributed by atoms with Gasteiger partial charge in [0, 0.05) is 6.04 Å². The SMILES string of the molecule is Cc1cc(OC(C)C(=O)NC(C)C)ccc1C(=O)O. The van der Waals surface area contributed by atoms with E-state index in [0.717, 1.165) is 0 Å². The molecule has 5 nitrogen and oxygen atoms in total. The number of carboxylic acids is 1. The number of carbonyl (C=O) groups excluding carboxylic acids is 1. The van der Waals surface area contributed by atoms with Crippen LogP contribution < -0.4 is 10.1 Å². The minimum Gasteiger partial charge on any atom is -0.481 e. The van der Waals surface area contributed by atoms with Crippen molar-refractivity contribution < 1.29 is 19.4 Å². The normalized spacial score (nSPS) is 12.1. The molecule has 0 radical (unpaired) electrons. The predicted molar refractivity (Wildman–Crippen MR) is 71.5 cm³/mol. The lowest BCUT2D eigenvalue weighted by atomic mass is 10.1. The number of benzene rings is 1. The highest BCUT2D eigenvalue weighted by Gasteiger charge is 2.16. The summed E-state index contributed by atoms with van der Waals surface area (Å²) in [5.41, 5.74) is 0.827. The van der Waals surface area contributed by atoms with Gasteiger partial charge in [-0.15, -0.1) is 0 Å². The highest BCUT2D eigenvalue weighted by molar-refractivity contribution is 5.89. The summed E-state index contributed by atoms with van der Waals surface area (Å²) in [6, 6.07) is 4.69. The van der Waals surface area contributed by atoms with Crippen molar-refractivity contribution in [2.45, 2.75) is 39.8 Å². The topological polar surface area (TPSA) is 75.6 Å². The molecule has 1 rings (SSSR count). The van der Waals surface area contributed by atoms with E-state index in [1.165, 1.54) is 6.07 Å². The second-order valence-electron chi connectivity index (χ2n) is 4.71. The number of aryl methyl sites for hydroxylation is 1. The van der Waals surface area contributed by atoms with Crippen LogP contribution in [-0.4, -0.2) is 29.1 Å². The molecule has 1 unspecified atom stereocenters. The zero-order valence-electron chi connectivity index (χ0n) is 11.6. The summed E-state index contributed by atoms with van der Waals surface area (Å²) >= 11 is 0. The summed E-state index contributed by atoms with van der Waals surface area (Å²) in [5, 5.41) is 11.7. The summed E-state index contributed by atoms with van der Waals surface area (Å²) in [4.78, 5) is 22.6. The summed E-state index contributed by atoms with van der Waals surface area (Å²) in [7, 11) is 0. The molecule has 0 saturated carbocycles. The third-order valence-corrected chi connectivity index (χ3v) is 2.54. The van der Waals surface area contributed by atoms with Crippen LogP contribution in [-0.2, 0) is 4.79 Å². The van der Waals surface area contributed by atoms with Crippen LogP contribution in [0, 0.1) is 6.92 Å². The fourth-order valence-corrected chi connectivity index (χ4v) is 1.61. The molecule has 0 aliphatic heterocycles. The van der Waals surface area contributed by atoms with Gasteiger partial charge >= 0.3 is 5.97 Å². The molecule has 0 saturated heterocycles. The van der Waals surface area contributed by atoms with Gasteiger partial charge in [-0.3, -0.25) is 4.79 Å². The average Bonchev–Trinajstić information content (AvgIpc) is 2.27. The fraction of sp³-hybridized carbons (Fsp3) is 0.429. The number of hydrogen-bond acceptors (Lipinski definition) is 3. The largest absolute Gasteiger partial charge is 0.481 e. The maximum Gasteiger partial charge on any atom is 0.335 e. The quantitative estimate of drug-likeness (QED) is 0.853. The molecule has 0 fully saturated rings. The van der Waals surface area contributed by atoms with Crippen LogP contribution in [0.15, 0.2) is 18.2 Å². The summed E-state index contributed by atoms with van der Waals surface area (Å²) in [6.07, 6.45) is -0.627. The molecule has 1 atom stereocenters. The molecule has 1 aromatic carbocycles. The van der Waals surface area contributed by atoms with Gasteiger partial charge in [0.25, 0.3) is 5.91 Å². The molecule has 19 heavy (non-hydrogen) atoms. The van der Waals surface area contributed by atoms with Crippen molar-refractivity contribution in [3.8, 4) is 5.75 Å². The number of aromatic carboxylic acids is 1. The number of rotatable bonds is 5. The van der Waals surface area contributed by atoms with E-state index < -0.39 is 12.1 Å². The summed E-state index contributed by atoms with van der Waals surface area (Å²) in [5.74, 6) is -0.696. The van der Waals surface area contributed by atoms with Gasteiger partial charge in [0.15, 0.2) is 6.10 Å². The lowest BCUT2D eigenvalue weighted by Crippen LogP contribution is -2.40. The molecule has 0 aliphatic rings. The molecule has 0 heterocycles. The van der Waals surface area contributed by atoms with Crippen LogP contribution >= 0.6 is 0 Å². The molecule has 0 bridgehead atoms. The third-order valence-electron chi connectivity index (χ3n) is 2.54. The Morgan fingerprint density at radius 2 is 1.89 bits per heavy atom. The first-order chi connectivity index (χ1) is 8.81. The van der Waals surface area contributed by atoms with Gasteiger partial charge in [-0.1, -0.05) is 0 Å². The molecule has 5 heteroatoms. The third kappa shape index (κ3) is 4.28. The van der Waals surface area contributed by atoms with E-state index in [0.29, 0.717) is 11.3 Å². The maximum absolute atomic E-state index is 11.7. The molecule has 0 aliphatic carbocycles. The number of carbonyl (C=O) groups is 2. The summed E-state index contributed by atoms with van der Waals surface area (Å²) < 4.78 is 5.49. The lowest BCUT2D eigenvalue weighted by molar-refractivity contribution is -0.127. The average molecular weight is 265 g/mol. The van der Waals surface area contributed by atoms with E-state index >= 15 is 0 Å². The number of ether oxygens (including phenoxy) is 1. The number of amides is 1. The van der Waals surface area contributed by atoms with E-state index in [4.69, 9.17) is 9.84 Å². The monoisotopic (exact) mass is 265 g/mol. The molecular weight excluding hydrogens is 246 g/mol. The van der Waals surface area contributed by atoms with Crippen molar-refractivity contribution in [1.82, 2.24) is 5.32 Å². The maximum atomic E-state index is 11.7. The van der Waals surface area contributed by atoms with E-state index in [2.05, 4.69) is 5.32 Å². The van der Waals surface area contributed by atoms with Crippen molar-refractivity contribution in [2.24, 2.45) is 0 Å². The standard InChI is InChI=1S/C14H19NO4/c1-8(2)15-13(16)10(4)19-11-5-6-12(14(17)18)9(3)7-11/h5-8,10H,1-4H3,(H,15,16)(H,17,18). The van der Waals surface area contributed by atoms with E-state index in [1.807, 2.05) is 13.8 Å². The zero-order chi connectivity index (χ0) is 14.6. The lowest BCUT2D eigenvalue weighted by Gasteiger charge is -2.17. The van der Waals surface area contributed by atoms with Crippen molar-refractivity contribution in [1.29, 1.82) is 0 Å². The number of carboxylic acid groups (broad SMARTS) is 1. The Bertz CT molecular complexity index is 482. The van der Waals surface area contributed by atoms with Gasteiger partial charge < -0.3 is 15.2 Å². The molecule has 1 amide bonds. The van der Waals surface area contributed by atoms with Crippen molar-refractivity contribution in [3.05, 3.63) is 29.3 Å².